The molecule has 1 aliphatic heterocycles. The first-order valence-corrected chi connectivity index (χ1v) is 8.77. The maximum absolute atomic E-state index is 12.7. The van der Waals surface area contributed by atoms with Crippen LogP contribution in [0.2, 0.25) is 0 Å². The zero-order valence-corrected chi connectivity index (χ0v) is 14.3. The van der Waals surface area contributed by atoms with E-state index in [4.69, 9.17) is 0 Å². The number of benzene rings is 1. The Morgan fingerprint density at radius 1 is 1.12 bits per heavy atom. The molecule has 2 heterocycles. The predicted molar refractivity (Wildman–Crippen MR) is 97.1 cm³/mol. The third-order valence-corrected chi connectivity index (χ3v) is 4.62. The molecule has 1 aromatic heterocycles. The molecule has 1 N–H and O–H groups in total. The van der Waals surface area contributed by atoms with Crippen LogP contribution in [0.4, 0.5) is 5.69 Å². The van der Waals surface area contributed by atoms with E-state index >= 15 is 0 Å². The summed E-state index contributed by atoms with van der Waals surface area (Å²) in [4.78, 5) is 18.9. The molecule has 0 bridgehead atoms. The van der Waals surface area contributed by atoms with E-state index in [0.29, 0.717) is 5.56 Å². The van der Waals surface area contributed by atoms with E-state index in [-0.39, 0.29) is 5.91 Å². The first-order chi connectivity index (χ1) is 11.7. The number of aryl methyl sites for hydroxylation is 1. The van der Waals surface area contributed by atoms with Gasteiger partial charge in [-0.2, -0.15) is 0 Å². The van der Waals surface area contributed by atoms with Crippen LogP contribution in [0.15, 0.2) is 42.7 Å². The summed E-state index contributed by atoms with van der Waals surface area (Å²) in [6.07, 6.45) is 8.10. The van der Waals surface area contributed by atoms with Crippen LogP contribution in [-0.4, -0.2) is 28.9 Å². The summed E-state index contributed by atoms with van der Waals surface area (Å²) in [6, 6.07) is 10.2. The van der Waals surface area contributed by atoms with Gasteiger partial charge in [0, 0.05) is 32.0 Å². The van der Waals surface area contributed by atoms with E-state index in [9.17, 15) is 4.79 Å². The lowest BCUT2D eigenvalue weighted by Gasteiger charge is -2.20. The lowest BCUT2D eigenvalue weighted by atomic mass is 10.1. The highest BCUT2D eigenvalue weighted by Gasteiger charge is 2.17. The second-order valence-electron chi connectivity index (χ2n) is 6.45. The molecule has 0 aliphatic carbocycles. The molecule has 1 amide bonds. The molecule has 0 saturated carbocycles. The number of pyridine rings is 1. The molecule has 1 fully saturated rings. The van der Waals surface area contributed by atoms with Crippen LogP contribution in [0.3, 0.4) is 0 Å². The van der Waals surface area contributed by atoms with Gasteiger partial charge in [-0.3, -0.25) is 9.78 Å². The Labute approximate surface area is 143 Å². The Bertz CT molecular complexity index is 691. The van der Waals surface area contributed by atoms with Crippen molar-refractivity contribution in [3.05, 3.63) is 59.4 Å². The van der Waals surface area contributed by atoms with E-state index in [0.717, 1.165) is 38.2 Å². The smallest absolute Gasteiger partial charge is 0.255 e. The minimum atomic E-state index is 0.101. The number of amides is 1. The number of hydrogen-bond acceptors (Lipinski definition) is 3. The normalized spacial score (nSPS) is 15.0. The van der Waals surface area contributed by atoms with Crippen molar-refractivity contribution in [2.45, 2.75) is 39.2 Å². The van der Waals surface area contributed by atoms with Gasteiger partial charge in [-0.15, -0.1) is 0 Å². The van der Waals surface area contributed by atoms with Crippen molar-refractivity contribution in [1.29, 1.82) is 0 Å². The predicted octanol–water partition coefficient (Wildman–Crippen LogP) is 4.02. The molecule has 4 heteroatoms. The fourth-order valence-corrected chi connectivity index (χ4v) is 3.12. The van der Waals surface area contributed by atoms with E-state index in [1.165, 1.54) is 24.0 Å². The summed E-state index contributed by atoms with van der Waals surface area (Å²) in [7, 11) is 0. The number of nitrogens with one attached hydrogen (secondary N) is 1. The second-order valence-corrected chi connectivity index (χ2v) is 6.45. The molecule has 0 radical (unpaired) electrons. The van der Waals surface area contributed by atoms with E-state index in [2.05, 4.69) is 29.4 Å². The molecule has 1 saturated heterocycles. The van der Waals surface area contributed by atoms with E-state index in [1.807, 2.05) is 23.1 Å². The first-order valence-electron chi connectivity index (χ1n) is 8.77. The Hall–Kier alpha value is -2.36. The third-order valence-electron chi connectivity index (χ3n) is 4.62. The monoisotopic (exact) mass is 323 g/mol. The summed E-state index contributed by atoms with van der Waals surface area (Å²) < 4.78 is 0. The van der Waals surface area contributed by atoms with Crippen molar-refractivity contribution in [2.24, 2.45) is 0 Å². The zero-order chi connectivity index (χ0) is 16.8. The van der Waals surface area contributed by atoms with Crippen LogP contribution in [0.1, 0.15) is 47.2 Å². The number of rotatable bonds is 4. The number of anilines is 1. The Morgan fingerprint density at radius 2 is 1.88 bits per heavy atom. The van der Waals surface area contributed by atoms with Gasteiger partial charge in [-0.05, 0) is 37.0 Å². The van der Waals surface area contributed by atoms with Gasteiger partial charge in [0.25, 0.3) is 5.91 Å². The largest absolute Gasteiger partial charge is 0.380 e. The van der Waals surface area contributed by atoms with Crippen LogP contribution >= 0.6 is 0 Å². The number of likely N-dealkylation sites (tertiary alicyclic amines) is 1. The number of nitrogens with zero attached hydrogens (tertiary/aromatic N) is 2. The number of carbonyl (C=O) groups is 1. The Balaban J connectivity index is 1.67. The molecule has 0 atom stereocenters. The number of hydrogen-bond donors (Lipinski definition) is 1. The maximum atomic E-state index is 12.7. The third kappa shape index (κ3) is 4.13. The topological polar surface area (TPSA) is 45.2 Å². The van der Waals surface area contributed by atoms with Crippen molar-refractivity contribution in [3.63, 3.8) is 0 Å². The average Bonchev–Trinajstić information content (AvgIpc) is 2.90. The zero-order valence-electron chi connectivity index (χ0n) is 14.3. The Kier molecular flexibility index (Phi) is 5.47. The fraction of sp³-hybridized carbons (Fsp3) is 0.400. The highest BCUT2D eigenvalue weighted by molar-refractivity contribution is 5.94. The van der Waals surface area contributed by atoms with Gasteiger partial charge in [0.15, 0.2) is 0 Å². The maximum Gasteiger partial charge on any atom is 0.255 e. The number of aromatic nitrogens is 1. The molecule has 3 rings (SSSR count). The second kappa shape index (κ2) is 7.95. The molecule has 126 valence electrons. The molecule has 1 aliphatic rings. The van der Waals surface area contributed by atoms with Gasteiger partial charge in [0.1, 0.15) is 0 Å². The van der Waals surface area contributed by atoms with Crippen molar-refractivity contribution >= 4 is 11.6 Å². The highest BCUT2D eigenvalue weighted by Crippen LogP contribution is 2.16. The van der Waals surface area contributed by atoms with Gasteiger partial charge < -0.3 is 10.2 Å². The highest BCUT2D eigenvalue weighted by atomic mass is 16.2. The van der Waals surface area contributed by atoms with Crippen molar-refractivity contribution in [3.8, 4) is 0 Å². The Morgan fingerprint density at radius 3 is 2.62 bits per heavy atom. The summed E-state index contributed by atoms with van der Waals surface area (Å²) in [6.45, 7) is 4.56. The number of carbonyl (C=O) groups excluding carboxylic acids is 1. The van der Waals surface area contributed by atoms with Crippen LogP contribution in [0.5, 0.6) is 0 Å². The average molecular weight is 323 g/mol. The van der Waals surface area contributed by atoms with E-state index in [1.54, 1.807) is 12.4 Å². The fourth-order valence-electron chi connectivity index (χ4n) is 3.12. The van der Waals surface area contributed by atoms with Gasteiger partial charge >= 0.3 is 0 Å². The van der Waals surface area contributed by atoms with Gasteiger partial charge in [0.2, 0.25) is 0 Å². The standard InChI is InChI=1S/C20H25N3O/c1-16-8-4-5-9-17(16)14-22-19-12-18(13-21-15-19)20(24)23-10-6-2-3-7-11-23/h4-5,8-9,12-13,15,22H,2-3,6-7,10-11,14H2,1H3. The van der Waals surface area contributed by atoms with Crippen LogP contribution < -0.4 is 5.32 Å². The molecule has 1 aromatic carbocycles. The van der Waals surface area contributed by atoms with Gasteiger partial charge in [0.05, 0.1) is 11.3 Å². The lowest BCUT2D eigenvalue weighted by Crippen LogP contribution is -2.31. The SMILES string of the molecule is Cc1ccccc1CNc1cncc(C(=O)N2CCCCCC2)c1. The minimum Gasteiger partial charge on any atom is -0.380 e. The summed E-state index contributed by atoms with van der Waals surface area (Å²) >= 11 is 0. The van der Waals surface area contributed by atoms with Gasteiger partial charge in [-0.25, -0.2) is 0 Å². The minimum absolute atomic E-state index is 0.101. The summed E-state index contributed by atoms with van der Waals surface area (Å²) in [5, 5.41) is 3.38. The van der Waals surface area contributed by atoms with Crippen molar-refractivity contribution in [2.75, 3.05) is 18.4 Å². The molecular weight excluding hydrogens is 298 g/mol. The molecule has 24 heavy (non-hydrogen) atoms. The summed E-state index contributed by atoms with van der Waals surface area (Å²) in [5.41, 5.74) is 4.07. The first kappa shape index (κ1) is 16.5. The van der Waals surface area contributed by atoms with Crippen molar-refractivity contribution < 1.29 is 4.79 Å². The lowest BCUT2D eigenvalue weighted by molar-refractivity contribution is 0.0761. The molecule has 4 nitrogen and oxygen atoms in total. The van der Waals surface area contributed by atoms with E-state index < -0.39 is 0 Å². The van der Waals surface area contributed by atoms with Gasteiger partial charge in [-0.1, -0.05) is 37.1 Å². The van der Waals surface area contributed by atoms with Crippen LogP contribution in [0.25, 0.3) is 0 Å². The van der Waals surface area contributed by atoms with Crippen LogP contribution in [0, 0.1) is 6.92 Å². The van der Waals surface area contributed by atoms with Crippen molar-refractivity contribution in [1.82, 2.24) is 9.88 Å². The molecule has 0 unspecified atom stereocenters. The molecule has 2 aromatic rings. The van der Waals surface area contributed by atoms with Crippen LogP contribution in [-0.2, 0) is 6.54 Å². The molecule has 0 spiro atoms. The summed E-state index contributed by atoms with van der Waals surface area (Å²) in [5.74, 6) is 0.101. The quantitative estimate of drug-likeness (QED) is 0.924. The molecular formula is C20H25N3O.